The van der Waals surface area contributed by atoms with Crippen LogP contribution in [0.15, 0.2) is 0 Å². The largest absolute Gasteiger partial charge is 0.467 e. The minimum atomic E-state index is -0.939. The third-order valence-corrected chi connectivity index (χ3v) is 5.82. The fourth-order valence-corrected chi connectivity index (χ4v) is 3.47. The van der Waals surface area contributed by atoms with Crippen LogP contribution in [0.5, 0.6) is 0 Å². The molecule has 6 heteroatoms. The summed E-state index contributed by atoms with van der Waals surface area (Å²) in [7, 11) is 2.61. The highest BCUT2D eigenvalue weighted by Gasteiger charge is 2.29. The minimum absolute atomic E-state index is 0.0257. The molecule has 152 valence electrons. The summed E-state index contributed by atoms with van der Waals surface area (Å²) in [5.74, 6) is 0.470. The maximum atomic E-state index is 11.0. The van der Waals surface area contributed by atoms with E-state index in [1.54, 1.807) is 0 Å². The smallest absolute Gasteiger partial charge is 0.334 e. The molecule has 2 saturated carbocycles. The van der Waals surface area contributed by atoms with E-state index < -0.39 is 24.1 Å². The van der Waals surface area contributed by atoms with Gasteiger partial charge in [-0.2, -0.15) is 0 Å². The van der Waals surface area contributed by atoms with Crippen molar-refractivity contribution in [3.63, 3.8) is 0 Å². The number of hydrogen-bond donors (Lipinski definition) is 2. The fourth-order valence-electron chi connectivity index (χ4n) is 3.47. The normalized spacial score (nSPS) is 21.8. The predicted molar refractivity (Wildman–Crippen MR) is 98.3 cm³/mol. The molecule has 26 heavy (non-hydrogen) atoms. The molecule has 2 aliphatic rings. The molecule has 0 spiro atoms. The average Bonchev–Trinajstić information content (AvgIpc) is 2.58. The summed E-state index contributed by atoms with van der Waals surface area (Å²) in [5.41, 5.74) is 0. The van der Waals surface area contributed by atoms with Gasteiger partial charge in [-0.1, -0.05) is 52.4 Å². The van der Waals surface area contributed by atoms with Crippen LogP contribution in [0, 0.1) is 23.7 Å². The van der Waals surface area contributed by atoms with Crippen LogP contribution < -0.4 is 0 Å². The number of methoxy groups -OCH3 is 2. The Balaban J connectivity index is 0.000000260. The number of hydrogen-bond acceptors (Lipinski definition) is 6. The van der Waals surface area contributed by atoms with Gasteiger partial charge >= 0.3 is 11.9 Å². The molecule has 2 aliphatic carbocycles. The van der Waals surface area contributed by atoms with Crippen molar-refractivity contribution in [3.8, 4) is 0 Å². The Morgan fingerprint density at radius 1 is 0.808 bits per heavy atom. The molecular formula is C20H36O6. The number of aliphatic hydroxyl groups is 2. The molecule has 0 aromatic rings. The van der Waals surface area contributed by atoms with Gasteiger partial charge in [0.15, 0.2) is 12.2 Å². The van der Waals surface area contributed by atoms with Crippen molar-refractivity contribution in [1.29, 1.82) is 0 Å². The van der Waals surface area contributed by atoms with E-state index in [4.69, 9.17) is 0 Å². The van der Waals surface area contributed by atoms with E-state index in [1.165, 1.54) is 52.7 Å². The molecule has 0 bridgehead atoms. The van der Waals surface area contributed by atoms with Gasteiger partial charge in [0.25, 0.3) is 0 Å². The van der Waals surface area contributed by atoms with Gasteiger partial charge < -0.3 is 19.7 Å². The molecule has 0 amide bonds. The van der Waals surface area contributed by atoms with Crippen LogP contribution in [-0.4, -0.2) is 48.6 Å². The van der Waals surface area contributed by atoms with E-state index in [-0.39, 0.29) is 11.8 Å². The van der Waals surface area contributed by atoms with Crippen molar-refractivity contribution in [2.24, 2.45) is 23.7 Å². The van der Waals surface area contributed by atoms with E-state index in [2.05, 4.69) is 9.47 Å². The van der Waals surface area contributed by atoms with E-state index in [0.29, 0.717) is 11.8 Å². The van der Waals surface area contributed by atoms with Gasteiger partial charge in [0.2, 0.25) is 0 Å². The van der Waals surface area contributed by atoms with Crippen LogP contribution >= 0.6 is 0 Å². The Hall–Kier alpha value is -1.14. The van der Waals surface area contributed by atoms with Crippen LogP contribution in [0.25, 0.3) is 0 Å². The average molecular weight is 373 g/mol. The lowest BCUT2D eigenvalue weighted by Gasteiger charge is -2.29. The highest BCUT2D eigenvalue weighted by atomic mass is 16.5. The van der Waals surface area contributed by atoms with Gasteiger partial charge in [-0.25, -0.2) is 9.59 Å². The Morgan fingerprint density at radius 2 is 1.12 bits per heavy atom. The zero-order valence-corrected chi connectivity index (χ0v) is 16.6. The van der Waals surface area contributed by atoms with Gasteiger partial charge in [0, 0.05) is 0 Å². The first-order valence-corrected chi connectivity index (χ1v) is 9.81. The summed E-state index contributed by atoms with van der Waals surface area (Å²) in [4.78, 5) is 21.9. The van der Waals surface area contributed by atoms with Crippen LogP contribution in [0.2, 0.25) is 0 Å². The number of carbonyl (C=O) groups is 2. The predicted octanol–water partition coefficient (Wildman–Crippen LogP) is 2.69. The Kier molecular flexibility index (Phi) is 10.2. The lowest BCUT2D eigenvalue weighted by molar-refractivity contribution is -0.154. The van der Waals surface area contributed by atoms with Gasteiger partial charge in [-0.05, 0) is 36.5 Å². The fraction of sp³-hybridized carbons (Fsp3) is 0.900. The quantitative estimate of drug-likeness (QED) is 0.636. The van der Waals surface area contributed by atoms with E-state index in [9.17, 15) is 19.8 Å². The molecule has 4 unspecified atom stereocenters. The SMILES string of the molecule is COC(=O)C(O)C(C)CC1CCC1.COC(=O)C(O)C(C)CC1CCC1. The molecule has 0 aromatic carbocycles. The number of rotatable bonds is 8. The first-order valence-electron chi connectivity index (χ1n) is 9.81. The summed E-state index contributed by atoms with van der Waals surface area (Å²) in [6.07, 6.45) is 7.59. The monoisotopic (exact) mass is 372 g/mol. The lowest BCUT2D eigenvalue weighted by atomic mass is 9.78. The van der Waals surface area contributed by atoms with Gasteiger partial charge in [-0.3, -0.25) is 0 Å². The summed E-state index contributed by atoms with van der Waals surface area (Å²) in [6, 6.07) is 0. The van der Waals surface area contributed by atoms with Crippen LogP contribution in [0.4, 0.5) is 0 Å². The van der Waals surface area contributed by atoms with Crippen molar-refractivity contribution in [3.05, 3.63) is 0 Å². The van der Waals surface area contributed by atoms with Crippen molar-refractivity contribution < 1.29 is 29.3 Å². The number of ether oxygens (including phenoxy) is 2. The van der Waals surface area contributed by atoms with Crippen molar-refractivity contribution in [1.82, 2.24) is 0 Å². The molecular weight excluding hydrogens is 336 g/mol. The number of aliphatic hydroxyl groups excluding tert-OH is 2. The van der Waals surface area contributed by atoms with Crippen LogP contribution in [0.3, 0.4) is 0 Å². The molecule has 4 atom stereocenters. The summed E-state index contributed by atoms with van der Waals surface area (Å²) >= 11 is 0. The Labute approximate surface area is 157 Å². The number of esters is 2. The van der Waals surface area contributed by atoms with Gasteiger partial charge in [0.1, 0.15) is 0 Å². The van der Waals surface area contributed by atoms with Crippen LogP contribution in [0.1, 0.15) is 65.2 Å². The first kappa shape index (κ1) is 22.9. The second kappa shape index (κ2) is 11.5. The van der Waals surface area contributed by atoms with E-state index >= 15 is 0 Å². The highest BCUT2D eigenvalue weighted by molar-refractivity contribution is 5.74. The summed E-state index contributed by atoms with van der Waals surface area (Å²) in [5, 5.41) is 19.0. The second-order valence-electron chi connectivity index (χ2n) is 7.96. The molecule has 0 radical (unpaired) electrons. The van der Waals surface area contributed by atoms with Crippen LogP contribution in [-0.2, 0) is 19.1 Å². The highest BCUT2D eigenvalue weighted by Crippen LogP contribution is 2.33. The standard InChI is InChI=1S/2C10H18O3/c2*1-7(6-8-4-3-5-8)9(11)10(12)13-2/h2*7-9,11H,3-6H2,1-2H3. The minimum Gasteiger partial charge on any atom is -0.467 e. The molecule has 6 nitrogen and oxygen atoms in total. The van der Waals surface area contributed by atoms with Gasteiger partial charge in [0.05, 0.1) is 14.2 Å². The van der Waals surface area contributed by atoms with Crippen molar-refractivity contribution >= 4 is 11.9 Å². The summed E-state index contributed by atoms with van der Waals surface area (Å²) < 4.78 is 8.95. The molecule has 2 fully saturated rings. The maximum Gasteiger partial charge on any atom is 0.334 e. The maximum absolute atomic E-state index is 11.0. The van der Waals surface area contributed by atoms with Crippen molar-refractivity contribution in [2.45, 2.75) is 77.4 Å². The topological polar surface area (TPSA) is 93.1 Å². The van der Waals surface area contributed by atoms with Gasteiger partial charge in [-0.15, -0.1) is 0 Å². The van der Waals surface area contributed by atoms with Crippen molar-refractivity contribution in [2.75, 3.05) is 14.2 Å². The molecule has 0 aliphatic heterocycles. The first-order chi connectivity index (χ1) is 12.3. The molecule has 0 aromatic heterocycles. The molecule has 2 N–H and O–H groups in total. The zero-order chi connectivity index (χ0) is 19.7. The lowest BCUT2D eigenvalue weighted by Crippen LogP contribution is -2.31. The third kappa shape index (κ3) is 7.23. The molecule has 0 saturated heterocycles. The zero-order valence-electron chi connectivity index (χ0n) is 16.6. The molecule has 2 rings (SSSR count). The number of carbonyl (C=O) groups excluding carboxylic acids is 2. The summed E-state index contributed by atoms with van der Waals surface area (Å²) in [6.45, 7) is 3.81. The van der Waals surface area contributed by atoms with E-state index in [1.807, 2.05) is 13.8 Å². The Bertz CT molecular complexity index is 390. The van der Waals surface area contributed by atoms with E-state index in [0.717, 1.165) is 12.8 Å². The third-order valence-electron chi connectivity index (χ3n) is 5.82. The molecule has 0 heterocycles. The second-order valence-corrected chi connectivity index (χ2v) is 7.96. The Morgan fingerprint density at radius 3 is 1.31 bits per heavy atom.